The number of aromatic nitrogens is 3. The lowest BCUT2D eigenvalue weighted by molar-refractivity contribution is -0.121. The largest absolute Gasteiger partial charge is 0.356 e. The number of pyridine rings is 1. The van der Waals surface area contributed by atoms with Crippen molar-refractivity contribution in [1.82, 2.24) is 19.9 Å². The molecule has 1 amide bonds. The maximum atomic E-state index is 11.9. The fourth-order valence-corrected chi connectivity index (χ4v) is 2.63. The molecule has 3 rings (SSSR count). The molecule has 0 aliphatic heterocycles. The summed E-state index contributed by atoms with van der Waals surface area (Å²) in [5.41, 5.74) is 1.88. The Labute approximate surface area is 139 Å². The van der Waals surface area contributed by atoms with Crippen molar-refractivity contribution in [3.05, 3.63) is 65.1 Å². The van der Waals surface area contributed by atoms with Crippen LogP contribution in [0.3, 0.4) is 0 Å². The first-order valence-electron chi connectivity index (χ1n) is 7.52. The summed E-state index contributed by atoms with van der Waals surface area (Å²) in [5, 5.41) is 11.8. The van der Waals surface area contributed by atoms with Crippen molar-refractivity contribution in [2.24, 2.45) is 0 Å². The van der Waals surface area contributed by atoms with E-state index in [1.807, 2.05) is 53.1 Å². The Morgan fingerprint density at radius 1 is 1.13 bits per heavy atom. The summed E-state index contributed by atoms with van der Waals surface area (Å²) in [4.78, 5) is 11.9. The van der Waals surface area contributed by atoms with Gasteiger partial charge in [0.25, 0.3) is 0 Å². The first kappa shape index (κ1) is 15.5. The van der Waals surface area contributed by atoms with Crippen LogP contribution >= 0.6 is 11.6 Å². The molecule has 1 N–H and O–H groups in total. The number of nitrogens with zero attached hydrogens (tertiary/aromatic N) is 3. The van der Waals surface area contributed by atoms with Gasteiger partial charge in [0.2, 0.25) is 5.91 Å². The lowest BCUT2D eigenvalue weighted by Crippen LogP contribution is -2.26. The topological polar surface area (TPSA) is 59.3 Å². The number of amides is 1. The molecule has 0 saturated heterocycles. The van der Waals surface area contributed by atoms with Gasteiger partial charge in [0, 0.05) is 30.6 Å². The SMILES string of the molecule is O=C(CCc1cccc(Cl)c1)NCCc1nnc2ccccn12. The van der Waals surface area contributed by atoms with Crippen molar-refractivity contribution in [1.29, 1.82) is 0 Å². The maximum absolute atomic E-state index is 11.9. The minimum absolute atomic E-state index is 0.0267. The van der Waals surface area contributed by atoms with E-state index in [0.29, 0.717) is 30.8 Å². The Bertz CT molecular complexity index is 815. The van der Waals surface area contributed by atoms with Crippen LogP contribution in [0.4, 0.5) is 0 Å². The molecule has 0 aliphatic rings. The van der Waals surface area contributed by atoms with Gasteiger partial charge in [-0.2, -0.15) is 0 Å². The molecule has 1 aromatic carbocycles. The predicted octanol–water partition coefficient (Wildman–Crippen LogP) is 2.67. The number of fused-ring (bicyclic) bond motifs is 1. The molecule has 0 bridgehead atoms. The molecule has 2 heterocycles. The summed E-state index contributed by atoms with van der Waals surface area (Å²) in [5.74, 6) is 0.870. The highest BCUT2D eigenvalue weighted by Crippen LogP contribution is 2.12. The van der Waals surface area contributed by atoms with E-state index >= 15 is 0 Å². The number of hydrogen-bond acceptors (Lipinski definition) is 3. The third-order valence-electron chi connectivity index (χ3n) is 3.58. The molecule has 3 aromatic rings. The lowest BCUT2D eigenvalue weighted by atomic mass is 10.1. The molecule has 0 atom stereocenters. The number of rotatable bonds is 6. The van der Waals surface area contributed by atoms with E-state index in [2.05, 4.69) is 15.5 Å². The Kier molecular flexibility index (Phi) is 4.88. The molecule has 0 unspecified atom stereocenters. The number of carbonyl (C=O) groups excluding carboxylic acids is 1. The van der Waals surface area contributed by atoms with Gasteiger partial charge >= 0.3 is 0 Å². The molecule has 23 heavy (non-hydrogen) atoms. The normalized spacial score (nSPS) is 10.8. The van der Waals surface area contributed by atoms with E-state index in [-0.39, 0.29) is 5.91 Å². The van der Waals surface area contributed by atoms with E-state index in [0.717, 1.165) is 17.0 Å². The second-order valence-corrected chi connectivity index (χ2v) is 5.71. The highest BCUT2D eigenvalue weighted by molar-refractivity contribution is 6.30. The zero-order valence-electron chi connectivity index (χ0n) is 12.6. The Morgan fingerprint density at radius 3 is 2.91 bits per heavy atom. The molecule has 6 heteroatoms. The molecular formula is C17H17ClN4O. The summed E-state index contributed by atoms with van der Waals surface area (Å²) >= 11 is 5.93. The number of halogens is 1. The summed E-state index contributed by atoms with van der Waals surface area (Å²) in [7, 11) is 0. The van der Waals surface area contributed by atoms with Crippen molar-refractivity contribution >= 4 is 23.2 Å². The van der Waals surface area contributed by atoms with Crippen LogP contribution in [0.2, 0.25) is 5.02 Å². The van der Waals surface area contributed by atoms with Gasteiger partial charge in [0.1, 0.15) is 5.82 Å². The highest BCUT2D eigenvalue weighted by Gasteiger charge is 2.06. The van der Waals surface area contributed by atoms with E-state index in [1.165, 1.54) is 0 Å². The van der Waals surface area contributed by atoms with Gasteiger partial charge in [-0.3, -0.25) is 9.20 Å². The number of carbonyl (C=O) groups is 1. The van der Waals surface area contributed by atoms with E-state index in [9.17, 15) is 4.79 Å². The molecule has 118 valence electrons. The predicted molar refractivity (Wildman–Crippen MR) is 89.5 cm³/mol. The summed E-state index contributed by atoms with van der Waals surface area (Å²) < 4.78 is 1.93. The second-order valence-electron chi connectivity index (χ2n) is 5.27. The first-order valence-corrected chi connectivity index (χ1v) is 7.90. The van der Waals surface area contributed by atoms with E-state index in [4.69, 9.17) is 11.6 Å². The van der Waals surface area contributed by atoms with Gasteiger partial charge in [-0.1, -0.05) is 29.8 Å². The molecule has 0 aliphatic carbocycles. The minimum Gasteiger partial charge on any atom is -0.356 e. The van der Waals surface area contributed by atoms with Crippen LogP contribution in [-0.2, 0) is 17.6 Å². The van der Waals surface area contributed by atoms with Crippen molar-refractivity contribution in [2.45, 2.75) is 19.3 Å². The number of benzene rings is 1. The van der Waals surface area contributed by atoms with Crippen molar-refractivity contribution in [3.63, 3.8) is 0 Å². The van der Waals surface area contributed by atoms with Crippen LogP contribution in [-0.4, -0.2) is 27.0 Å². The van der Waals surface area contributed by atoms with Gasteiger partial charge in [-0.15, -0.1) is 10.2 Å². The average Bonchev–Trinajstić information content (AvgIpc) is 2.97. The van der Waals surface area contributed by atoms with Gasteiger partial charge in [-0.25, -0.2) is 0 Å². The quantitative estimate of drug-likeness (QED) is 0.757. The third-order valence-corrected chi connectivity index (χ3v) is 3.82. The van der Waals surface area contributed by atoms with Crippen LogP contribution in [0.1, 0.15) is 17.8 Å². The van der Waals surface area contributed by atoms with Gasteiger partial charge < -0.3 is 5.32 Å². The van der Waals surface area contributed by atoms with Gasteiger partial charge in [0.05, 0.1) is 0 Å². The van der Waals surface area contributed by atoms with Crippen molar-refractivity contribution in [3.8, 4) is 0 Å². The minimum atomic E-state index is 0.0267. The second kappa shape index (κ2) is 7.24. The van der Waals surface area contributed by atoms with Crippen LogP contribution < -0.4 is 5.32 Å². The summed E-state index contributed by atoms with van der Waals surface area (Å²) in [6.45, 7) is 0.546. The van der Waals surface area contributed by atoms with Crippen molar-refractivity contribution < 1.29 is 4.79 Å². The number of nitrogens with one attached hydrogen (secondary N) is 1. The van der Waals surface area contributed by atoms with Crippen molar-refractivity contribution in [2.75, 3.05) is 6.54 Å². The zero-order valence-corrected chi connectivity index (χ0v) is 13.3. The Morgan fingerprint density at radius 2 is 2.04 bits per heavy atom. The molecular weight excluding hydrogens is 312 g/mol. The van der Waals surface area contributed by atoms with Crippen LogP contribution in [0.25, 0.3) is 5.65 Å². The number of hydrogen-bond donors (Lipinski definition) is 1. The molecule has 5 nitrogen and oxygen atoms in total. The lowest BCUT2D eigenvalue weighted by Gasteiger charge is -2.05. The monoisotopic (exact) mass is 328 g/mol. The number of aryl methyl sites for hydroxylation is 1. The van der Waals surface area contributed by atoms with Gasteiger partial charge in [0.15, 0.2) is 5.65 Å². The first-order chi connectivity index (χ1) is 11.2. The van der Waals surface area contributed by atoms with E-state index in [1.54, 1.807) is 0 Å². The smallest absolute Gasteiger partial charge is 0.220 e. The average molecular weight is 329 g/mol. The standard InChI is InChI=1S/C17H17ClN4O/c18-14-5-3-4-13(12-14)7-8-17(23)19-10-9-16-21-20-15-6-1-2-11-22(15)16/h1-6,11-12H,7-10H2,(H,19,23). The molecule has 0 radical (unpaired) electrons. The highest BCUT2D eigenvalue weighted by atomic mass is 35.5. The Hall–Kier alpha value is -2.40. The maximum Gasteiger partial charge on any atom is 0.220 e. The molecule has 2 aromatic heterocycles. The van der Waals surface area contributed by atoms with Crippen LogP contribution in [0.5, 0.6) is 0 Å². The molecule has 0 fully saturated rings. The van der Waals surface area contributed by atoms with Crippen LogP contribution in [0, 0.1) is 0 Å². The van der Waals surface area contributed by atoms with Gasteiger partial charge in [-0.05, 0) is 36.2 Å². The molecule has 0 spiro atoms. The summed E-state index contributed by atoms with van der Waals surface area (Å²) in [6, 6.07) is 13.3. The van der Waals surface area contributed by atoms with E-state index < -0.39 is 0 Å². The fourth-order valence-electron chi connectivity index (χ4n) is 2.41. The summed E-state index contributed by atoms with van der Waals surface area (Å²) in [6.07, 6.45) is 3.70. The third kappa shape index (κ3) is 4.07. The zero-order chi connectivity index (χ0) is 16.1. The molecule has 0 saturated carbocycles. The Balaban J connectivity index is 1.46. The fraction of sp³-hybridized carbons (Fsp3) is 0.235. The van der Waals surface area contributed by atoms with Crippen LogP contribution in [0.15, 0.2) is 48.7 Å².